The van der Waals surface area contributed by atoms with Gasteiger partial charge in [0, 0.05) is 11.1 Å². The Hall–Kier alpha value is -3.08. The summed E-state index contributed by atoms with van der Waals surface area (Å²) in [4.78, 5) is 15.4. The van der Waals surface area contributed by atoms with Crippen molar-refractivity contribution < 1.29 is 19.0 Å². The summed E-state index contributed by atoms with van der Waals surface area (Å²) in [6.45, 7) is 0.413. The van der Waals surface area contributed by atoms with Crippen molar-refractivity contribution in [2.45, 2.75) is 6.42 Å². The molecule has 0 aliphatic carbocycles. The average molecular weight is 325 g/mol. The monoisotopic (exact) mass is 325 g/mol. The number of carbonyl (C=O) groups is 1. The molecule has 0 aliphatic rings. The first-order chi connectivity index (χ1) is 11.8. The van der Waals surface area contributed by atoms with Gasteiger partial charge in [-0.05, 0) is 34.9 Å². The molecule has 3 aromatic rings. The Morgan fingerprint density at radius 2 is 1.62 bits per heavy atom. The number of benzene rings is 3. The van der Waals surface area contributed by atoms with Crippen molar-refractivity contribution in [3.05, 3.63) is 72.3 Å². The molecule has 3 aromatic carbocycles. The van der Waals surface area contributed by atoms with E-state index in [0.29, 0.717) is 13.0 Å². The lowest BCUT2D eigenvalue weighted by molar-refractivity contribution is -0.00862. The van der Waals surface area contributed by atoms with Gasteiger partial charge in [0.15, 0.2) is 5.75 Å². The standard InChI is InChI=1S/C19H16FNO3/c20-24-18-8-4-3-7-17(18)23-19(22)21-12-11-14-9-10-15-5-1-2-6-16(15)13-14/h1-10,13H,11-12H2,(H,21,22). The molecule has 0 saturated heterocycles. The molecule has 0 saturated carbocycles. The minimum Gasteiger partial charge on any atom is -0.406 e. The summed E-state index contributed by atoms with van der Waals surface area (Å²) in [6.07, 6.45) is 0.0153. The smallest absolute Gasteiger partial charge is 0.406 e. The summed E-state index contributed by atoms with van der Waals surface area (Å²) in [5, 5.41) is 4.98. The number of rotatable bonds is 5. The molecule has 0 fully saturated rings. The molecule has 1 amide bonds. The van der Waals surface area contributed by atoms with E-state index < -0.39 is 6.09 Å². The zero-order valence-corrected chi connectivity index (χ0v) is 12.9. The van der Waals surface area contributed by atoms with Crippen molar-refractivity contribution >= 4 is 16.9 Å². The van der Waals surface area contributed by atoms with Crippen molar-refractivity contribution in [1.29, 1.82) is 0 Å². The van der Waals surface area contributed by atoms with Crippen molar-refractivity contribution in [3.63, 3.8) is 0 Å². The van der Waals surface area contributed by atoms with Crippen LogP contribution in [0.3, 0.4) is 0 Å². The van der Waals surface area contributed by atoms with E-state index in [4.69, 9.17) is 4.74 Å². The molecule has 0 aromatic heterocycles. The van der Waals surface area contributed by atoms with E-state index >= 15 is 0 Å². The van der Waals surface area contributed by atoms with Crippen LogP contribution in [-0.4, -0.2) is 12.6 Å². The van der Waals surface area contributed by atoms with Crippen LogP contribution in [-0.2, 0) is 6.42 Å². The van der Waals surface area contributed by atoms with Crippen LogP contribution in [0.15, 0.2) is 66.7 Å². The van der Waals surface area contributed by atoms with Crippen molar-refractivity contribution in [2.75, 3.05) is 6.54 Å². The number of carbonyl (C=O) groups excluding carboxylic acids is 1. The number of fused-ring (bicyclic) bond motifs is 1. The number of hydrogen-bond acceptors (Lipinski definition) is 3. The van der Waals surface area contributed by atoms with Crippen LogP contribution in [0.5, 0.6) is 11.5 Å². The molecule has 0 heterocycles. The minimum atomic E-state index is -0.653. The highest BCUT2D eigenvalue weighted by molar-refractivity contribution is 5.83. The van der Waals surface area contributed by atoms with Gasteiger partial charge in [-0.25, -0.2) is 4.79 Å². The summed E-state index contributed by atoms with van der Waals surface area (Å²) in [5.74, 6) is -0.106. The van der Waals surface area contributed by atoms with Crippen LogP contribution in [0.2, 0.25) is 0 Å². The maximum Gasteiger partial charge on any atom is 0.412 e. The molecule has 5 heteroatoms. The predicted octanol–water partition coefficient (Wildman–Crippen LogP) is 4.43. The SMILES string of the molecule is O=C(NCCc1ccc2ccccc2c1)Oc1ccccc1OF. The molecule has 122 valence electrons. The van der Waals surface area contributed by atoms with E-state index in [9.17, 15) is 9.32 Å². The number of nitrogens with one attached hydrogen (secondary N) is 1. The third-order valence-electron chi connectivity index (χ3n) is 3.63. The largest absolute Gasteiger partial charge is 0.412 e. The van der Waals surface area contributed by atoms with Crippen molar-refractivity contribution in [1.82, 2.24) is 5.32 Å². The quantitative estimate of drug-likeness (QED) is 0.754. The van der Waals surface area contributed by atoms with Gasteiger partial charge in [0.25, 0.3) is 0 Å². The fraction of sp³-hybridized carbons (Fsp3) is 0.105. The van der Waals surface area contributed by atoms with Gasteiger partial charge in [-0.1, -0.05) is 54.6 Å². The minimum absolute atomic E-state index is 0.0307. The summed E-state index contributed by atoms with van der Waals surface area (Å²) < 4.78 is 17.4. The Labute approximate surface area is 138 Å². The van der Waals surface area contributed by atoms with E-state index in [-0.39, 0.29) is 11.5 Å². The summed E-state index contributed by atoms with van der Waals surface area (Å²) >= 11 is 0. The van der Waals surface area contributed by atoms with Crippen molar-refractivity contribution in [3.8, 4) is 11.5 Å². The molecule has 3 rings (SSSR count). The summed E-state index contributed by atoms with van der Waals surface area (Å²) in [7, 11) is 0. The Balaban J connectivity index is 1.54. The number of amides is 1. The molecule has 24 heavy (non-hydrogen) atoms. The van der Waals surface area contributed by atoms with Gasteiger partial charge in [0.1, 0.15) is 0 Å². The Bertz CT molecular complexity index is 851. The topological polar surface area (TPSA) is 47.6 Å². The second-order valence-electron chi connectivity index (χ2n) is 5.27. The van der Waals surface area contributed by atoms with E-state index in [0.717, 1.165) is 10.9 Å². The van der Waals surface area contributed by atoms with Gasteiger partial charge in [0.2, 0.25) is 5.75 Å². The first-order valence-electron chi connectivity index (χ1n) is 7.57. The van der Waals surface area contributed by atoms with Crippen molar-refractivity contribution in [2.24, 2.45) is 0 Å². The van der Waals surface area contributed by atoms with Crippen LogP contribution in [0.4, 0.5) is 9.32 Å². The molecule has 0 bridgehead atoms. The zero-order valence-electron chi connectivity index (χ0n) is 12.9. The maximum absolute atomic E-state index is 12.3. The number of ether oxygens (including phenoxy) is 1. The van der Waals surface area contributed by atoms with E-state index in [1.165, 1.54) is 17.5 Å². The summed E-state index contributed by atoms with van der Waals surface area (Å²) in [5.41, 5.74) is 1.11. The average Bonchev–Trinajstić information content (AvgIpc) is 2.62. The predicted molar refractivity (Wildman–Crippen MR) is 89.9 cm³/mol. The van der Waals surface area contributed by atoms with E-state index in [1.54, 1.807) is 12.1 Å². The number of hydrogen-bond donors (Lipinski definition) is 1. The third kappa shape index (κ3) is 3.81. The lowest BCUT2D eigenvalue weighted by atomic mass is 10.1. The molecular formula is C19H16FNO3. The second kappa shape index (κ2) is 7.46. The molecule has 0 unspecified atom stereocenters. The van der Waals surface area contributed by atoms with Crippen LogP contribution in [0.25, 0.3) is 10.8 Å². The summed E-state index contributed by atoms with van der Waals surface area (Å²) in [6, 6.07) is 20.3. The second-order valence-corrected chi connectivity index (χ2v) is 5.27. The van der Waals surface area contributed by atoms with Gasteiger partial charge in [-0.15, -0.1) is 0 Å². The van der Waals surface area contributed by atoms with Crippen LogP contribution < -0.4 is 15.0 Å². The highest BCUT2D eigenvalue weighted by Crippen LogP contribution is 2.26. The normalized spacial score (nSPS) is 10.4. The highest BCUT2D eigenvalue weighted by atomic mass is 19.3. The first-order valence-corrected chi connectivity index (χ1v) is 7.57. The molecule has 0 aliphatic heterocycles. The molecule has 1 N–H and O–H groups in total. The van der Waals surface area contributed by atoms with Crippen LogP contribution in [0, 0.1) is 0 Å². The van der Waals surface area contributed by atoms with E-state index in [1.807, 2.05) is 18.2 Å². The fourth-order valence-corrected chi connectivity index (χ4v) is 2.44. The lowest BCUT2D eigenvalue weighted by Gasteiger charge is -2.08. The van der Waals surface area contributed by atoms with Gasteiger partial charge in [0.05, 0.1) is 0 Å². The van der Waals surface area contributed by atoms with Crippen LogP contribution >= 0.6 is 0 Å². The van der Waals surface area contributed by atoms with Gasteiger partial charge >= 0.3 is 6.09 Å². The molecule has 0 atom stereocenters. The van der Waals surface area contributed by atoms with E-state index in [2.05, 4.69) is 34.5 Å². The number of halogens is 1. The van der Waals surface area contributed by atoms with Crippen LogP contribution in [0.1, 0.15) is 5.56 Å². The Morgan fingerprint density at radius 1 is 0.917 bits per heavy atom. The Morgan fingerprint density at radius 3 is 2.42 bits per heavy atom. The lowest BCUT2D eigenvalue weighted by Crippen LogP contribution is -2.28. The van der Waals surface area contributed by atoms with Gasteiger partial charge in [-0.3, -0.25) is 4.94 Å². The molecular weight excluding hydrogens is 309 g/mol. The zero-order chi connectivity index (χ0) is 16.8. The highest BCUT2D eigenvalue weighted by Gasteiger charge is 2.10. The molecule has 4 nitrogen and oxygen atoms in total. The van der Waals surface area contributed by atoms with Gasteiger partial charge in [-0.2, -0.15) is 0 Å². The molecule has 0 spiro atoms. The van der Waals surface area contributed by atoms with Gasteiger partial charge < -0.3 is 10.1 Å². The Kier molecular flexibility index (Phi) is 4.91. The third-order valence-corrected chi connectivity index (χ3v) is 3.63. The fourth-order valence-electron chi connectivity index (χ4n) is 2.44. The molecule has 0 radical (unpaired) electrons. The maximum atomic E-state index is 12.3. The number of para-hydroxylation sites is 2. The first kappa shape index (κ1) is 15.8.